The molecule has 0 fully saturated rings. The number of esters is 1. The van der Waals surface area contributed by atoms with Crippen LogP contribution in [0.1, 0.15) is 32.7 Å². The number of carbonyl (C=O) groups is 1. The van der Waals surface area contributed by atoms with Crippen molar-refractivity contribution < 1.29 is 14.3 Å². The lowest BCUT2D eigenvalue weighted by atomic mass is 10.1. The first-order valence-electron chi connectivity index (χ1n) is 10.7. The number of nitrogens with zero attached hydrogens (tertiary/aromatic N) is 3. The minimum absolute atomic E-state index is 0.171. The average molecular weight is 434 g/mol. The Balaban J connectivity index is 1.62. The van der Waals surface area contributed by atoms with E-state index < -0.39 is 5.97 Å². The number of methoxy groups -OCH3 is 1. The number of fused-ring (bicyclic) bond motifs is 1. The third kappa shape index (κ3) is 4.73. The molecule has 3 heterocycles. The predicted molar refractivity (Wildman–Crippen MR) is 121 cm³/mol. The van der Waals surface area contributed by atoms with Crippen molar-refractivity contribution in [1.29, 1.82) is 0 Å². The summed E-state index contributed by atoms with van der Waals surface area (Å²) in [5, 5.41) is 0. The highest BCUT2D eigenvalue weighted by molar-refractivity contribution is 5.93. The molecule has 32 heavy (non-hydrogen) atoms. The van der Waals surface area contributed by atoms with Gasteiger partial charge in [0.2, 0.25) is 0 Å². The zero-order chi connectivity index (χ0) is 22.5. The van der Waals surface area contributed by atoms with Gasteiger partial charge in [0.05, 0.1) is 7.11 Å². The first kappa shape index (κ1) is 21.8. The van der Waals surface area contributed by atoms with Gasteiger partial charge in [-0.05, 0) is 35.7 Å². The van der Waals surface area contributed by atoms with E-state index in [1.54, 1.807) is 17.0 Å². The van der Waals surface area contributed by atoms with Crippen molar-refractivity contribution >= 4 is 5.97 Å². The Kier molecular flexibility index (Phi) is 6.66. The minimum atomic E-state index is -0.495. The summed E-state index contributed by atoms with van der Waals surface area (Å²) in [5.74, 6) is -0.233. The van der Waals surface area contributed by atoms with Crippen molar-refractivity contribution in [3.05, 3.63) is 93.2 Å². The maximum atomic E-state index is 12.9. The normalized spacial score (nSPS) is 13.8. The first-order valence-corrected chi connectivity index (χ1v) is 10.7. The van der Waals surface area contributed by atoms with Gasteiger partial charge in [-0.1, -0.05) is 24.3 Å². The molecular weight excluding hydrogens is 406 g/mol. The van der Waals surface area contributed by atoms with E-state index in [1.807, 2.05) is 24.3 Å². The molecule has 0 unspecified atom stereocenters. The van der Waals surface area contributed by atoms with Crippen molar-refractivity contribution in [2.24, 2.45) is 0 Å². The number of hydrogen-bond acceptors (Lipinski definition) is 6. The van der Waals surface area contributed by atoms with Gasteiger partial charge in [-0.3, -0.25) is 14.7 Å². The fraction of sp³-hybridized carbons (Fsp3) is 0.320. The van der Waals surface area contributed by atoms with Crippen molar-refractivity contribution in [1.82, 2.24) is 14.5 Å². The van der Waals surface area contributed by atoms with Crippen LogP contribution in [0.2, 0.25) is 0 Å². The lowest BCUT2D eigenvalue weighted by Crippen LogP contribution is -2.29. The molecule has 1 aliphatic rings. The molecule has 0 amide bonds. The molecule has 0 N–H and O–H groups in total. The molecule has 2 aromatic heterocycles. The van der Waals surface area contributed by atoms with Gasteiger partial charge >= 0.3 is 5.97 Å². The van der Waals surface area contributed by atoms with E-state index >= 15 is 0 Å². The summed E-state index contributed by atoms with van der Waals surface area (Å²) in [4.78, 5) is 32.0. The Morgan fingerprint density at radius 1 is 1.09 bits per heavy atom. The predicted octanol–water partition coefficient (Wildman–Crippen LogP) is 2.98. The molecule has 7 heteroatoms. The Morgan fingerprint density at radius 2 is 1.88 bits per heavy atom. The molecule has 0 saturated heterocycles. The van der Waals surface area contributed by atoms with E-state index in [0.29, 0.717) is 24.2 Å². The third-order valence-electron chi connectivity index (χ3n) is 5.87. The first-order chi connectivity index (χ1) is 15.6. The summed E-state index contributed by atoms with van der Waals surface area (Å²) in [6.45, 7) is 5.09. The van der Waals surface area contributed by atoms with Crippen LogP contribution in [0.3, 0.4) is 0 Å². The van der Waals surface area contributed by atoms with Crippen LogP contribution in [0.25, 0.3) is 0 Å². The van der Waals surface area contributed by atoms with Crippen molar-refractivity contribution in [2.75, 3.05) is 20.2 Å². The molecule has 1 aliphatic heterocycles. The van der Waals surface area contributed by atoms with Crippen LogP contribution in [0.5, 0.6) is 5.75 Å². The van der Waals surface area contributed by atoms with Crippen LogP contribution in [-0.4, -0.2) is 40.6 Å². The molecule has 1 aromatic carbocycles. The molecule has 3 aromatic rings. The van der Waals surface area contributed by atoms with Crippen LogP contribution < -0.4 is 10.3 Å². The highest BCUT2D eigenvalue weighted by Crippen LogP contribution is 2.25. The average Bonchev–Trinajstić information content (AvgIpc) is 3.02. The maximum Gasteiger partial charge on any atom is 0.343 e. The summed E-state index contributed by atoms with van der Waals surface area (Å²) in [5.41, 5.74) is 4.24. The van der Waals surface area contributed by atoms with Gasteiger partial charge in [0, 0.05) is 56.8 Å². The summed E-state index contributed by atoms with van der Waals surface area (Å²) in [6.07, 6.45) is 3.90. The summed E-state index contributed by atoms with van der Waals surface area (Å²) < 4.78 is 12.7. The van der Waals surface area contributed by atoms with E-state index in [4.69, 9.17) is 9.47 Å². The van der Waals surface area contributed by atoms with Gasteiger partial charge in [-0.15, -0.1) is 0 Å². The lowest BCUT2D eigenvalue weighted by molar-refractivity contribution is 0.0592. The minimum Gasteiger partial charge on any atom is -0.488 e. The van der Waals surface area contributed by atoms with Crippen LogP contribution >= 0.6 is 0 Å². The number of ether oxygens (including phenoxy) is 2. The Bertz CT molecular complexity index is 1160. The monoisotopic (exact) mass is 433 g/mol. The maximum absolute atomic E-state index is 12.9. The molecule has 0 spiro atoms. The van der Waals surface area contributed by atoms with Crippen molar-refractivity contribution in [3.8, 4) is 5.75 Å². The number of benzene rings is 1. The highest BCUT2D eigenvalue weighted by atomic mass is 16.5. The second-order valence-electron chi connectivity index (χ2n) is 7.91. The lowest BCUT2D eigenvalue weighted by Gasteiger charge is -2.20. The van der Waals surface area contributed by atoms with Crippen LogP contribution in [-0.2, 0) is 30.9 Å². The van der Waals surface area contributed by atoms with Gasteiger partial charge in [0.15, 0.2) is 0 Å². The smallest absolute Gasteiger partial charge is 0.343 e. The SMILES string of the molecule is COC(=O)c1c(OCc2ccncc2)cc(=O)n2c1CCN(Cc1ccccc1C)CC2. The van der Waals surface area contributed by atoms with E-state index in [0.717, 1.165) is 25.2 Å². The molecule has 7 nitrogen and oxygen atoms in total. The molecule has 0 atom stereocenters. The van der Waals surface area contributed by atoms with E-state index in [-0.39, 0.29) is 17.9 Å². The Morgan fingerprint density at radius 3 is 2.62 bits per heavy atom. The molecule has 166 valence electrons. The molecule has 0 radical (unpaired) electrons. The van der Waals surface area contributed by atoms with Gasteiger partial charge in [-0.2, -0.15) is 0 Å². The van der Waals surface area contributed by atoms with E-state index in [9.17, 15) is 9.59 Å². The van der Waals surface area contributed by atoms with Crippen LogP contribution in [0.15, 0.2) is 59.7 Å². The Hall–Kier alpha value is -3.45. The number of hydrogen-bond donors (Lipinski definition) is 0. The third-order valence-corrected chi connectivity index (χ3v) is 5.87. The summed E-state index contributed by atoms with van der Waals surface area (Å²) in [7, 11) is 1.35. The van der Waals surface area contributed by atoms with Gasteiger partial charge in [-0.25, -0.2) is 4.79 Å². The highest BCUT2D eigenvalue weighted by Gasteiger charge is 2.26. The number of aryl methyl sites for hydroxylation is 1. The quantitative estimate of drug-likeness (QED) is 0.557. The molecule has 0 bridgehead atoms. The second-order valence-corrected chi connectivity index (χ2v) is 7.91. The number of carbonyl (C=O) groups excluding carboxylic acids is 1. The van der Waals surface area contributed by atoms with Crippen LogP contribution in [0, 0.1) is 6.92 Å². The second kappa shape index (κ2) is 9.78. The fourth-order valence-electron chi connectivity index (χ4n) is 4.06. The summed E-state index contributed by atoms with van der Waals surface area (Å²) >= 11 is 0. The zero-order valence-electron chi connectivity index (χ0n) is 18.4. The van der Waals surface area contributed by atoms with Gasteiger partial charge in [0.25, 0.3) is 5.56 Å². The van der Waals surface area contributed by atoms with Gasteiger partial charge in [0.1, 0.15) is 17.9 Å². The fourth-order valence-corrected chi connectivity index (χ4v) is 4.06. The number of aromatic nitrogens is 2. The largest absolute Gasteiger partial charge is 0.488 e. The van der Waals surface area contributed by atoms with E-state index in [1.165, 1.54) is 24.3 Å². The van der Waals surface area contributed by atoms with Crippen molar-refractivity contribution in [3.63, 3.8) is 0 Å². The standard InChI is InChI=1S/C25H27N3O4/c1-18-5-3-4-6-20(18)16-27-12-9-21-24(25(30)31-2)22(15-23(29)28(21)14-13-27)32-17-19-7-10-26-11-8-19/h3-8,10-11,15H,9,12-14,16-17H2,1-2H3. The molecular formula is C25H27N3O4. The van der Waals surface area contributed by atoms with Gasteiger partial charge < -0.3 is 14.0 Å². The molecule has 0 saturated carbocycles. The topological polar surface area (TPSA) is 73.7 Å². The number of pyridine rings is 2. The summed E-state index contributed by atoms with van der Waals surface area (Å²) in [6, 6.07) is 13.4. The Labute approximate surface area is 187 Å². The zero-order valence-corrected chi connectivity index (χ0v) is 18.4. The van der Waals surface area contributed by atoms with Crippen LogP contribution in [0.4, 0.5) is 0 Å². The molecule has 0 aliphatic carbocycles. The van der Waals surface area contributed by atoms with Crippen molar-refractivity contribution in [2.45, 2.75) is 33.0 Å². The van der Waals surface area contributed by atoms with E-state index in [2.05, 4.69) is 28.9 Å². The number of rotatable bonds is 6. The molecule has 4 rings (SSSR count).